The van der Waals surface area contributed by atoms with E-state index in [1.807, 2.05) is 22.7 Å². The lowest BCUT2D eigenvalue weighted by Gasteiger charge is -2.03. The molecule has 0 aromatic carbocycles. The van der Waals surface area contributed by atoms with E-state index in [0.29, 0.717) is 0 Å². The molecule has 0 aliphatic carbocycles. The lowest BCUT2D eigenvalue weighted by molar-refractivity contribution is 0.608. The van der Waals surface area contributed by atoms with Crippen molar-refractivity contribution in [1.29, 1.82) is 0 Å². The highest BCUT2D eigenvalue weighted by atomic mass is 32.1. The normalized spacial score (nSPS) is 11.2. The third kappa shape index (κ3) is 10.5. The number of hydrogen-bond acceptors (Lipinski definition) is 4. The second-order valence-corrected chi connectivity index (χ2v) is 16.1. The Bertz CT molecular complexity index is 1350. The molecule has 0 spiro atoms. The van der Waals surface area contributed by atoms with Gasteiger partial charge in [-0.2, -0.15) is 0 Å². The first-order valence-electron chi connectivity index (χ1n) is 16.5. The molecule has 4 heteroatoms. The molecule has 228 valence electrons. The van der Waals surface area contributed by atoms with Crippen molar-refractivity contribution < 1.29 is 0 Å². The van der Waals surface area contributed by atoms with E-state index < -0.39 is 0 Å². The maximum atomic E-state index is 5.80. The van der Waals surface area contributed by atoms with Gasteiger partial charge < -0.3 is 0 Å². The Balaban J connectivity index is 1.30. The van der Waals surface area contributed by atoms with Crippen LogP contribution in [0.15, 0.2) is 36.4 Å². The minimum atomic E-state index is 1.06. The summed E-state index contributed by atoms with van der Waals surface area (Å²) in [5, 5.41) is 0. The van der Waals surface area contributed by atoms with Gasteiger partial charge in [0.15, 0.2) is 0 Å². The van der Waals surface area contributed by atoms with Crippen molar-refractivity contribution >= 4 is 45.3 Å². The molecule has 0 radical (unpaired) electrons. The van der Waals surface area contributed by atoms with Gasteiger partial charge in [-0.05, 0) is 92.5 Å². The minimum absolute atomic E-state index is 1.06. The zero-order chi connectivity index (χ0) is 30.3. The lowest BCUT2D eigenvalue weighted by atomic mass is 10.0. The summed E-state index contributed by atoms with van der Waals surface area (Å²) in [7, 11) is 0. The summed E-state index contributed by atoms with van der Waals surface area (Å²) in [6.07, 6.45) is 33.2. The topological polar surface area (TPSA) is 0 Å². The van der Waals surface area contributed by atoms with Crippen LogP contribution < -0.4 is 0 Å². The van der Waals surface area contributed by atoms with Crippen LogP contribution in [0.4, 0.5) is 0 Å². The fourth-order valence-electron chi connectivity index (χ4n) is 5.69. The van der Waals surface area contributed by atoms with E-state index in [9.17, 15) is 0 Å². The molecule has 0 aliphatic rings. The van der Waals surface area contributed by atoms with E-state index in [4.69, 9.17) is 12.8 Å². The summed E-state index contributed by atoms with van der Waals surface area (Å²) in [5.74, 6) is 5.78. The second kappa shape index (κ2) is 18.7. The molecule has 0 saturated carbocycles. The second-order valence-electron chi connectivity index (χ2n) is 11.6. The maximum Gasteiger partial charge on any atom is 0.0775 e. The molecule has 43 heavy (non-hydrogen) atoms. The van der Waals surface area contributed by atoms with Crippen LogP contribution in [0.3, 0.4) is 0 Å². The van der Waals surface area contributed by atoms with Crippen molar-refractivity contribution in [3.05, 3.63) is 67.0 Å². The molecule has 4 rings (SSSR count). The fraction of sp³-hybridized carbons (Fsp3) is 0.487. The Morgan fingerprint density at radius 1 is 0.488 bits per heavy atom. The summed E-state index contributed by atoms with van der Waals surface area (Å²) in [5.41, 5.74) is 2.90. The monoisotopic (exact) mass is 644 g/mol. The van der Waals surface area contributed by atoms with E-state index >= 15 is 0 Å². The highest BCUT2D eigenvalue weighted by Gasteiger charge is 2.15. The number of unbranched alkanes of at least 4 members (excludes halogenated alkanes) is 10. The Morgan fingerprint density at radius 3 is 1.33 bits per heavy atom. The van der Waals surface area contributed by atoms with Crippen molar-refractivity contribution in [2.75, 3.05) is 0 Å². The van der Waals surface area contributed by atoms with Crippen LogP contribution in [-0.2, 0) is 25.7 Å². The van der Waals surface area contributed by atoms with Crippen molar-refractivity contribution in [1.82, 2.24) is 0 Å². The van der Waals surface area contributed by atoms with Gasteiger partial charge in [0.05, 0.1) is 9.75 Å². The third-order valence-electron chi connectivity index (χ3n) is 8.12. The molecule has 0 aliphatic heterocycles. The van der Waals surface area contributed by atoms with Gasteiger partial charge in [-0.3, -0.25) is 0 Å². The molecule has 4 aromatic heterocycles. The zero-order valence-corrected chi connectivity index (χ0v) is 29.5. The molecule has 0 nitrogen and oxygen atoms in total. The number of aryl methyl sites for hydroxylation is 4. The van der Waals surface area contributed by atoms with Crippen LogP contribution in [0.1, 0.15) is 128 Å². The SMILES string of the molecule is C#Cc1cc(CCCCCCCC)c(-c2ccc(CCCc3ccc(-c4sc(C#C)cc4CCCCCCCC)s3)s2)s1. The molecule has 0 N–H and O–H groups in total. The van der Waals surface area contributed by atoms with Crippen LogP contribution >= 0.6 is 45.3 Å². The first-order valence-corrected chi connectivity index (χ1v) is 19.8. The lowest BCUT2D eigenvalue weighted by Crippen LogP contribution is -1.86. The van der Waals surface area contributed by atoms with Crippen molar-refractivity contribution in [2.24, 2.45) is 0 Å². The van der Waals surface area contributed by atoms with Crippen LogP contribution in [0.25, 0.3) is 19.5 Å². The number of thiophene rings is 4. The number of rotatable bonds is 20. The van der Waals surface area contributed by atoms with Crippen LogP contribution in [0.2, 0.25) is 0 Å². The zero-order valence-electron chi connectivity index (χ0n) is 26.3. The van der Waals surface area contributed by atoms with Gasteiger partial charge in [0.25, 0.3) is 0 Å². The molecule has 0 bridgehead atoms. The molecule has 0 saturated heterocycles. The van der Waals surface area contributed by atoms with E-state index in [2.05, 4.69) is 62.1 Å². The van der Waals surface area contributed by atoms with E-state index in [1.54, 1.807) is 22.7 Å². The van der Waals surface area contributed by atoms with E-state index in [-0.39, 0.29) is 0 Å². The highest BCUT2D eigenvalue weighted by Crippen LogP contribution is 2.40. The summed E-state index contributed by atoms with van der Waals surface area (Å²) in [6.45, 7) is 4.56. The maximum absolute atomic E-state index is 5.80. The van der Waals surface area contributed by atoms with E-state index in [1.165, 1.54) is 124 Å². The predicted octanol–water partition coefficient (Wildman–Crippen LogP) is 13.2. The molecule has 0 unspecified atom stereocenters. The van der Waals surface area contributed by atoms with Crippen molar-refractivity contribution in [3.63, 3.8) is 0 Å². The number of terminal acetylenes is 2. The Kier molecular flexibility index (Phi) is 14.7. The Labute approximate surface area is 278 Å². The quantitative estimate of drug-likeness (QED) is 0.0663. The molecule has 4 heterocycles. The minimum Gasteiger partial charge on any atom is -0.139 e. The van der Waals surface area contributed by atoms with Gasteiger partial charge in [-0.1, -0.05) is 89.9 Å². The largest absolute Gasteiger partial charge is 0.139 e. The van der Waals surface area contributed by atoms with E-state index in [0.717, 1.165) is 35.4 Å². The first-order chi connectivity index (χ1) is 21.1. The van der Waals surface area contributed by atoms with Crippen LogP contribution in [0.5, 0.6) is 0 Å². The van der Waals surface area contributed by atoms with Gasteiger partial charge in [0.2, 0.25) is 0 Å². The fourth-order valence-corrected chi connectivity index (χ4v) is 10.1. The third-order valence-corrected chi connectivity index (χ3v) is 13.0. The average molecular weight is 645 g/mol. The Hall–Kier alpha value is -2.08. The van der Waals surface area contributed by atoms with Gasteiger partial charge in [0.1, 0.15) is 0 Å². The summed E-state index contributed by atoms with van der Waals surface area (Å²) in [4.78, 5) is 10.7. The average Bonchev–Trinajstić information content (AvgIpc) is 3.83. The van der Waals surface area contributed by atoms with Crippen LogP contribution in [-0.4, -0.2) is 0 Å². The first kappa shape index (κ1) is 33.8. The Morgan fingerprint density at radius 2 is 0.907 bits per heavy atom. The summed E-state index contributed by atoms with van der Waals surface area (Å²) in [6, 6.07) is 13.9. The summed E-state index contributed by atoms with van der Waals surface area (Å²) < 4.78 is 0. The van der Waals surface area contributed by atoms with Crippen molar-refractivity contribution in [2.45, 2.75) is 123 Å². The van der Waals surface area contributed by atoms with Gasteiger partial charge in [-0.15, -0.1) is 58.2 Å². The van der Waals surface area contributed by atoms with Gasteiger partial charge >= 0.3 is 0 Å². The molecular formula is C39H48S4. The molecule has 0 fully saturated rings. The smallest absolute Gasteiger partial charge is 0.0775 e. The van der Waals surface area contributed by atoms with Crippen LogP contribution in [0, 0.1) is 24.7 Å². The standard InChI is InChI=1S/C39H48S4/c1-5-9-11-13-15-17-20-30-28-32(7-3)42-38(30)36-26-24-34(40-36)22-19-23-35-25-27-37(41-35)39-31(29-33(8-4)43-39)21-18-16-14-12-10-6-2/h3-4,24-29H,5-6,9-23H2,1-2H3. The van der Waals surface area contributed by atoms with Crippen molar-refractivity contribution in [3.8, 4) is 44.2 Å². The molecule has 0 atom stereocenters. The highest BCUT2D eigenvalue weighted by molar-refractivity contribution is 7.23. The number of hydrogen-bond donors (Lipinski definition) is 0. The predicted molar refractivity (Wildman–Crippen MR) is 197 cm³/mol. The van der Waals surface area contributed by atoms with Gasteiger partial charge in [-0.25, -0.2) is 0 Å². The molecular weight excluding hydrogens is 597 g/mol. The molecule has 4 aromatic rings. The summed E-state index contributed by atoms with van der Waals surface area (Å²) >= 11 is 7.52. The van der Waals surface area contributed by atoms with Gasteiger partial charge in [0, 0.05) is 29.3 Å². The molecule has 0 amide bonds.